The number of hydrogen-bond donors (Lipinski definition) is 2. The number of aliphatic carboxylic acids is 1. The van der Waals surface area contributed by atoms with E-state index in [1.54, 1.807) is 19.9 Å². The predicted octanol–water partition coefficient (Wildman–Crippen LogP) is 2.61. The maximum absolute atomic E-state index is 13.1. The summed E-state index contributed by atoms with van der Waals surface area (Å²) in [6, 6.07) is 4.48. The Morgan fingerprint density at radius 3 is 2.69 bits per heavy atom. The molecule has 16 heavy (non-hydrogen) atoms. The third-order valence-corrected chi connectivity index (χ3v) is 3.60. The molecule has 0 amide bonds. The fourth-order valence-electron chi connectivity index (χ4n) is 0.923. The molecule has 0 atom stereocenters. The molecule has 0 aromatic heterocycles. The first-order valence-corrected chi connectivity index (χ1v) is 5.73. The van der Waals surface area contributed by atoms with Crippen LogP contribution in [0.5, 0.6) is 0 Å². The number of nitrogens with two attached hydrogens (primary N) is 1. The normalized spacial score (nSPS) is 11.4. The van der Waals surface area contributed by atoms with Gasteiger partial charge in [-0.2, -0.15) is 0 Å². The van der Waals surface area contributed by atoms with Gasteiger partial charge in [-0.15, -0.1) is 11.8 Å². The van der Waals surface area contributed by atoms with Gasteiger partial charge in [-0.05, 0) is 32.0 Å². The van der Waals surface area contributed by atoms with E-state index in [9.17, 15) is 9.18 Å². The van der Waals surface area contributed by atoms with E-state index < -0.39 is 17.2 Å². The van der Waals surface area contributed by atoms with Crippen LogP contribution in [-0.4, -0.2) is 16.8 Å². The maximum atomic E-state index is 13.1. The van der Waals surface area contributed by atoms with Gasteiger partial charge in [-0.25, -0.2) is 4.39 Å². The summed E-state index contributed by atoms with van der Waals surface area (Å²) in [6.45, 7) is 3.27. The number of rotatable bonds is 4. The molecule has 1 aromatic rings. The first-order valence-electron chi connectivity index (χ1n) is 4.74. The van der Waals surface area contributed by atoms with Gasteiger partial charge in [0.05, 0.1) is 11.1 Å². The molecule has 5 heteroatoms. The molecule has 0 bridgehead atoms. The second kappa shape index (κ2) is 4.74. The van der Waals surface area contributed by atoms with Gasteiger partial charge in [-0.1, -0.05) is 0 Å². The summed E-state index contributed by atoms with van der Waals surface area (Å²) in [6.07, 6.45) is 0. The molecule has 0 aliphatic rings. The van der Waals surface area contributed by atoms with Crippen LogP contribution in [0.25, 0.3) is 0 Å². The van der Waals surface area contributed by atoms with Crippen LogP contribution in [0.4, 0.5) is 10.1 Å². The Morgan fingerprint density at radius 1 is 1.56 bits per heavy atom. The lowest BCUT2D eigenvalue weighted by Gasteiger charge is -2.18. The number of anilines is 1. The zero-order valence-electron chi connectivity index (χ0n) is 9.16. The summed E-state index contributed by atoms with van der Waals surface area (Å²) < 4.78 is 13.1. The summed E-state index contributed by atoms with van der Waals surface area (Å²) in [5.74, 6) is -0.958. The Labute approximate surface area is 97.8 Å². The highest BCUT2D eigenvalue weighted by molar-refractivity contribution is 7.99. The molecule has 0 spiro atoms. The van der Waals surface area contributed by atoms with Crippen LogP contribution in [0.15, 0.2) is 23.1 Å². The highest BCUT2D eigenvalue weighted by Crippen LogP contribution is 2.29. The zero-order valence-corrected chi connectivity index (χ0v) is 9.97. The monoisotopic (exact) mass is 243 g/mol. The summed E-state index contributed by atoms with van der Waals surface area (Å²) in [5, 5.41) is 8.91. The van der Waals surface area contributed by atoms with Gasteiger partial charge in [0.15, 0.2) is 0 Å². The molecular formula is C11H14FNO2S. The molecule has 88 valence electrons. The maximum Gasteiger partial charge on any atom is 0.309 e. The molecule has 0 saturated heterocycles. The molecule has 3 nitrogen and oxygen atoms in total. The Balaban J connectivity index is 2.68. The third kappa shape index (κ3) is 3.13. The lowest BCUT2D eigenvalue weighted by molar-refractivity contribution is -0.145. The largest absolute Gasteiger partial charge is 0.481 e. The lowest BCUT2D eigenvalue weighted by Crippen LogP contribution is -2.26. The Kier molecular flexibility index (Phi) is 3.80. The van der Waals surface area contributed by atoms with E-state index in [2.05, 4.69) is 0 Å². The average molecular weight is 243 g/mol. The molecule has 0 aliphatic heterocycles. The van der Waals surface area contributed by atoms with Crippen molar-refractivity contribution in [3.8, 4) is 0 Å². The van der Waals surface area contributed by atoms with E-state index >= 15 is 0 Å². The highest BCUT2D eigenvalue weighted by Gasteiger charge is 2.27. The van der Waals surface area contributed by atoms with Gasteiger partial charge < -0.3 is 10.8 Å². The third-order valence-electron chi connectivity index (χ3n) is 2.15. The van der Waals surface area contributed by atoms with Crippen molar-refractivity contribution in [2.75, 3.05) is 11.5 Å². The Morgan fingerprint density at radius 2 is 2.19 bits per heavy atom. The van der Waals surface area contributed by atoms with Crippen molar-refractivity contribution in [3.63, 3.8) is 0 Å². The van der Waals surface area contributed by atoms with E-state index in [1.165, 1.54) is 23.9 Å². The number of carboxylic acids is 1. The fraction of sp³-hybridized carbons (Fsp3) is 0.364. The zero-order chi connectivity index (χ0) is 12.3. The average Bonchev–Trinajstić information content (AvgIpc) is 2.20. The van der Waals surface area contributed by atoms with Crippen molar-refractivity contribution >= 4 is 23.4 Å². The van der Waals surface area contributed by atoms with Gasteiger partial charge in [0.2, 0.25) is 0 Å². The molecule has 0 saturated carbocycles. The summed E-state index contributed by atoms with van der Waals surface area (Å²) in [7, 11) is 0. The molecule has 0 heterocycles. The molecule has 1 aromatic carbocycles. The second-order valence-electron chi connectivity index (χ2n) is 4.16. The van der Waals surface area contributed by atoms with Crippen LogP contribution >= 0.6 is 11.8 Å². The number of benzene rings is 1. The topological polar surface area (TPSA) is 63.3 Å². The molecule has 0 fully saturated rings. The Hall–Kier alpha value is -1.23. The number of hydrogen-bond acceptors (Lipinski definition) is 3. The standard InChI is InChI=1S/C11H14FNO2S/c1-11(2,10(14)15)6-16-7-3-4-9(13)8(12)5-7/h3-5H,6,13H2,1-2H3,(H,14,15). The van der Waals surface area contributed by atoms with E-state index in [1.807, 2.05) is 0 Å². The van der Waals surface area contributed by atoms with Crippen molar-refractivity contribution in [3.05, 3.63) is 24.0 Å². The van der Waals surface area contributed by atoms with Gasteiger partial charge in [0.25, 0.3) is 0 Å². The summed E-state index contributed by atoms with van der Waals surface area (Å²) in [5.41, 5.74) is 4.61. The van der Waals surface area contributed by atoms with Crippen LogP contribution in [-0.2, 0) is 4.79 Å². The van der Waals surface area contributed by atoms with Crippen LogP contribution in [0.1, 0.15) is 13.8 Å². The van der Waals surface area contributed by atoms with Gasteiger partial charge in [0.1, 0.15) is 5.82 Å². The van der Waals surface area contributed by atoms with E-state index in [4.69, 9.17) is 10.8 Å². The van der Waals surface area contributed by atoms with Crippen LogP contribution in [0, 0.1) is 11.2 Å². The second-order valence-corrected chi connectivity index (χ2v) is 5.21. The minimum atomic E-state index is -0.865. The first-order chi connectivity index (χ1) is 7.33. The first kappa shape index (κ1) is 12.8. The minimum absolute atomic E-state index is 0.0989. The summed E-state index contributed by atoms with van der Waals surface area (Å²) >= 11 is 1.30. The fourth-order valence-corrected chi connectivity index (χ4v) is 1.93. The number of halogens is 1. The van der Waals surface area contributed by atoms with Gasteiger partial charge >= 0.3 is 5.97 Å². The molecule has 1 rings (SSSR count). The van der Waals surface area contributed by atoms with E-state index in [-0.39, 0.29) is 5.69 Å². The van der Waals surface area contributed by atoms with E-state index in [0.29, 0.717) is 10.6 Å². The molecule has 0 radical (unpaired) electrons. The lowest BCUT2D eigenvalue weighted by atomic mass is 9.97. The minimum Gasteiger partial charge on any atom is -0.481 e. The van der Waals surface area contributed by atoms with Crippen molar-refractivity contribution in [2.45, 2.75) is 18.7 Å². The number of carboxylic acid groups (broad SMARTS) is 1. The Bertz CT molecular complexity index is 407. The number of nitrogen functional groups attached to an aromatic ring is 1. The highest BCUT2D eigenvalue weighted by atomic mass is 32.2. The van der Waals surface area contributed by atoms with Gasteiger partial charge in [0, 0.05) is 10.6 Å². The number of thioether (sulfide) groups is 1. The van der Waals surface area contributed by atoms with E-state index in [0.717, 1.165) is 0 Å². The van der Waals surface area contributed by atoms with Crippen molar-refractivity contribution < 1.29 is 14.3 Å². The van der Waals surface area contributed by atoms with Crippen molar-refractivity contribution in [1.29, 1.82) is 0 Å². The van der Waals surface area contributed by atoms with Crippen molar-refractivity contribution in [1.82, 2.24) is 0 Å². The van der Waals surface area contributed by atoms with Gasteiger partial charge in [-0.3, -0.25) is 4.79 Å². The smallest absolute Gasteiger partial charge is 0.309 e. The quantitative estimate of drug-likeness (QED) is 0.630. The van der Waals surface area contributed by atoms with Crippen molar-refractivity contribution in [2.24, 2.45) is 5.41 Å². The van der Waals surface area contributed by atoms with Crippen LogP contribution in [0.2, 0.25) is 0 Å². The molecule has 0 unspecified atom stereocenters. The van der Waals surface area contributed by atoms with Crippen LogP contribution in [0.3, 0.4) is 0 Å². The molecule has 3 N–H and O–H groups in total. The molecular weight excluding hydrogens is 229 g/mol. The molecule has 0 aliphatic carbocycles. The predicted molar refractivity (Wildman–Crippen MR) is 63.0 cm³/mol. The SMILES string of the molecule is CC(C)(CSc1ccc(N)c(F)c1)C(=O)O. The number of carbonyl (C=O) groups is 1. The van der Waals surface area contributed by atoms with Crippen LogP contribution < -0.4 is 5.73 Å². The summed E-state index contributed by atoms with van der Waals surface area (Å²) in [4.78, 5) is 11.5.